The smallest absolute Gasteiger partial charge is 0.0606 e. The largest absolute Gasteiger partial charge is 0.396 e. The Bertz CT molecular complexity index is 148. The summed E-state index contributed by atoms with van der Waals surface area (Å²) in [6, 6.07) is 0. The highest BCUT2D eigenvalue weighted by Crippen LogP contribution is 2.42. The third-order valence-electron chi connectivity index (χ3n) is 3.38. The summed E-state index contributed by atoms with van der Waals surface area (Å²) in [5, 5.41) is 8.99. The first-order valence-electron chi connectivity index (χ1n) is 5.64. The molecule has 1 aliphatic heterocycles. The van der Waals surface area contributed by atoms with E-state index in [1.54, 1.807) is 0 Å². The van der Waals surface area contributed by atoms with Crippen molar-refractivity contribution < 1.29 is 9.84 Å². The number of ether oxygens (including phenoxy) is 1. The Morgan fingerprint density at radius 2 is 2.08 bits per heavy atom. The molecular formula is C11H20O2. The van der Waals surface area contributed by atoms with E-state index in [4.69, 9.17) is 9.84 Å². The molecule has 2 nitrogen and oxygen atoms in total. The second kappa shape index (κ2) is 4.43. The summed E-state index contributed by atoms with van der Waals surface area (Å²) in [5.74, 6) is 1.53. The normalized spacial score (nSPS) is 31.6. The first-order chi connectivity index (χ1) is 6.42. The Balaban J connectivity index is 1.84. The molecule has 0 aromatic carbocycles. The van der Waals surface area contributed by atoms with Gasteiger partial charge >= 0.3 is 0 Å². The lowest BCUT2D eigenvalue weighted by atomic mass is 9.89. The van der Waals surface area contributed by atoms with Crippen LogP contribution in [0.25, 0.3) is 0 Å². The van der Waals surface area contributed by atoms with Gasteiger partial charge in [-0.2, -0.15) is 0 Å². The minimum atomic E-state index is 0.334. The third-order valence-corrected chi connectivity index (χ3v) is 3.38. The summed E-state index contributed by atoms with van der Waals surface area (Å²) in [6.45, 7) is 1.28. The van der Waals surface area contributed by atoms with E-state index in [9.17, 15) is 0 Å². The summed E-state index contributed by atoms with van der Waals surface area (Å²) < 4.78 is 5.78. The van der Waals surface area contributed by atoms with Crippen molar-refractivity contribution in [3.63, 3.8) is 0 Å². The summed E-state index contributed by atoms with van der Waals surface area (Å²) >= 11 is 0. The van der Waals surface area contributed by atoms with Crippen LogP contribution in [0.3, 0.4) is 0 Å². The molecule has 76 valence electrons. The highest BCUT2D eigenvalue weighted by Gasteiger charge is 2.36. The van der Waals surface area contributed by atoms with Crippen LogP contribution < -0.4 is 0 Å². The van der Waals surface area contributed by atoms with Gasteiger partial charge in [0, 0.05) is 13.2 Å². The zero-order valence-electron chi connectivity index (χ0n) is 8.24. The van der Waals surface area contributed by atoms with E-state index in [0.29, 0.717) is 18.6 Å². The van der Waals surface area contributed by atoms with Crippen molar-refractivity contribution in [2.24, 2.45) is 11.8 Å². The monoisotopic (exact) mass is 184 g/mol. The van der Waals surface area contributed by atoms with Crippen LogP contribution in [0.2, 0.25) is 0 Å². The molecule has 0 amide bonds. The molecule has 2 unspecified atom stereocenters. The van der Waals surface area contributed by atoms with Gasteiger partial charge in [0.15, 0.2) is 0 Å². The van der Waals surface area contributed by atoms with Crippen molar-refractivity contribution in [1.29, 1.82) is 0 Å². The molecule has 2 atom stereocenters. The number of aliphatic hydroxyl groups excluding tert-OH is 1. The predicted octanol–water partition coefficient (Wildman–Crippen LogP) is 1.96. The van der Waals surface area contributed by atoms with Gasteiger partial charge in [0.05, 0.1) is 6.10 Å². The molecule has 2 aliphatic rings. The maximum Gasteiger partial charge on any atom is 0.0606 e. The molecule has 1 heterocycles. The van der Waals surface area contributed by atoms with Gasteiger partial charge in [0.25, 0.3) is 0 Å². The maximum absolute atomic E-state index is 8.99. The molecule has 2 fully saturated rings. The minimum Gasteiger partial charge on any atom is -0.396 e. The van der Waals surface area contributed by atoms with Crippen LogP contribution in [0.15, 0.2) is 0 Å². The molecule has 0 aromatic heterocycles. The maximum atomic E-state index is 8.99. The lowest BCUT2D eigenvalue weighted by Crippen LogP contribution is -2.30. The Labute approximate surface area is 80.3 Å². The van der Waals surface area contributed by atoms with Crippen LogP contribution in [0.5, 0.6) is 0 Å². The predicted molar refractivity (Wildman–Crippen MR) is 51.5 cm³/mol. The first kappa shape index (κ1) is 9.47. The third kappa shape index (κ3) is 2.44. The second-order valence-corrected chi connectivity index (χ2v) is 4.42. The molecular weight excluding hydrogens is 164 g/mol. The van der Waals surface area contributed by atoms with Crippen molar-refractivity contribution in [2.45, 2.75) is 44.6 Å². The fourth-order valence-corrected chi connectivity index (χ4v) is 2.50. The van der Waals surface area contributed by atoms with Crippen molar-refractivity contribution in [2.75, 3.05) is 13.2 Å². The van der Waals surface area contributed by atoms with E-state index in [1.165, 1.54) is 32.1 Å². The molecule has 1 N–H and O–H groups in total. The van der Waals surface area contributed by atoms with Crippen molar-refractivity contribution >= 4 is 0 Å². The number of hydrogen-bond donors (Lipinski definition) is 1. The Kier molecular flexibility index (Phi) is 3.23. The van der Waals surface area contributed by atoms with Crippen molar-refractivity contribution in [1.82, 2.24) is 0 Å². The molecule has 13 heavy (non-hydrogen) atoms. The van der Waals surface area contributed by atoms with Gasteiger partial charge in [-0.3, -0.25) is 0 Å². The zero-order valence-corrected chi connectivity index (χ0v) is 8.24. The van der Waals surface area contributed by atoms with E-state index >= 15 is 0 Å². The SMILES string of the molecule is OCCC(C1CC1)C1CCCCO1. The molecule has 0 spiro atoms. The fraction of sp³-hybridized carbons (Fsp3) is 1.00. The molecule has 1 saturated carbocycles. The summed E-state index contributed by atoms with van der Waals surface area (Å²) in [6.07, 6.45) is 7.92. The van der Waals surface area contributed by atoms with Crippen LogP contribution in [-0.4, -0.2) is 24.4 Å². The van der Waals surface area contributed by atoms with Crippen LogP contribution >= 0.6 is 0 Å². The minimum absolute atomic E-state index is 0.334. The van der Waals surface area contributed by atoms with Crippen LogP contribution in [0, 0.1) is 11.8 Å². The lowest BCUT2D eigenvalue weighted by Gasteiger charge is -2.30. The van der Waals surface area contributed by atoms with Gasteiger partial charge in [-0.1, -0.05) is 0 Å². The Hall–Kier alpha value is -0.0800. The molecule has 2 heteroatoms. The van der Waals surface area contributed by atoms with Crippen LogP contribution in [-0.2, 0) is 4.74 Å². The van der Waals surface area contributed by atoms with E-state index < -0.39 is 0 Å². The van der Waals surface area contributed by atoms with Gasteiger partial charge < -0.3 is 9.84 Å². The lowest BCUT2D eigenvalue weighted by molar-refractivity contribution is -0.0330. The molecule has 0 aromatic rings. The molecule has 1 saturated heterocycles. The zero-order chi connectivity index (χ0) is 9.10. The fourth-order valence-electron chi connectivity index (χ4n) is 2.50. The summed E-state index contributed by atoms with van der Waals surface area (Å²) in [5.41, 5.74) is 0. The topological polar surface area (TPSA) is 29.5 Å². The van der Waals surface area contributed by atoms with Gasteiger partial charge in [0.2, 0.25) is 0 Å². The highest BCUT2D eigenvalue weighted by atomic mass is 16.5. The average molecular weight is 184 g/mol. The molecule has 0 radical (unpaired) electrons. The van der Waals surface area contributed by atoms with E-state index in [2.05, 4.69) is 0 Å². The van der Waals surface area contributed by atoms with Crippen molar-refractivity contribution in [3.8, 4) is 0 Å². The number of hydrogen-bond acceptors (Lipinski definition) is 2. The van der Waals surface area contributed by atoms with Crippen LogP contribution in [0.1, 0.15) is 38.5 Å². The average Bonchev–Trinajstić information content (AvgIpc) is 2.99. The van der Waals surface area contributed by atoms with E-state index in [0.717, 1.165) is 18.9 Å². The summed E-state index contributed by atoms with van der Waals surface area (Å²) in [7, 11) is 0. The van der Waals surface area contributed by atoms with Gasteiger partial charge in [0.1, 0.15) is 0 Å². The van der Waals surface area contributed by atoms with Crippen molar-refractivity contribution in [3.05, 3.63) is 0 Å². The first-order valence-corrected chi connectivity index (χ1v) is 5.64. The van der Waals surface area contributed by atoms with E-state index in [1.807, 2.05) is 0 Å². The van der Waals surface area contributed by atoms with Gasteiger partial charge in [-0.15, -0.1) is 0 Å². The Morgan fingerprint density at radius 1 is 1.23 bits per heavy atom. The molecule has 2 rings (SSSR count). The second-order valence-electron chi connectivity index (χ2n) is 4.42. The quantitative estimate of drug-likeness (QED) is 0.723. The standard InChI is InChI=1S/C11H20O2/c12-7-6-10(9-4-5-9)11-3-1-2-8-13-11/h9-12H,1-8H2. The van der Waals surface area contributed by atoms with Gasteiger partial charge in [-0.25, -0.2) is 0 Å². The number of aliphatic hydroxyl groups is 1. The molecule has 0 bridgehead atoms. The van der Waals surface area contributed by atoms with Crippen LogP contribution in [0.4, 0.5) is 0 Å². The van der Waals surface area contributed by atoms with Gasteiger partial charge in [-0.05, 0) is 50.4 Å². The van der Waals surface area contributed by atoms with E-state index in [-0.39, 0.29) is 0 Å². The molecule has 1 aliphatic carbocycles. The highest BCUT2D eigenvalue weighted by molar-refractivity contribution is 4.87. The number of rotatable bonds is 4. The Morgan fingerprint density at radius 3 is 2.62 bits per heavy atom. The summed E-state index contributed by atoms with van der Waals surface area (Å²) in [4.78, 5) is 0.